The summed E-state index contributed by atoms with van der Waals surface area (Å²) in [6.45, 7) is 2.15. The first-order valence-corrected chi connectivity index (χ1v) is 8.38. The van der Waals surface area contributed by atoms with Crippen LogP contribution in [0.5, 0.6) is 0 Å². The van der Waals surface area contributed by atoms with Gasteiger partial charge in [0.15, 0.2) is 5.96 Å². The Kier molecular flexibility index (Phi) is 6.88. The fourth-order valence-corrected chi connectivity index (χ4v) is 3.05. The first-order valence-electron chi connectivity index (χ1n) is 6.94. The number of aliphatic hydroxyl groups excluding tert-OH is 1. The number of aliphatic imine (C=N–C) groups is 1. The second-order valence-electron chi connectivity index (χ2n) is 4.75. The Labute approximate surface area is 127 Å². The van der Waals surface area contributed by atoms with Crippen molar-refractivity contribution in [2.45, 2.75) is 31.3 Å². The third kappa shape index (κ3) is 4.99. The summed E-state index contributed by atoms with van der Waals surface area (Å²) in [7, 11) is -5.25. The molecule has 1 saturated heterocycles. The van der Waals surface area contributed by atoms with E-state index in [4.69, 9.17) is 5.11 Å². The van der Waals surface area contributed by atoms with E-state index >= 15 is 0 Å². The maximum Gasteiger partial charge on any atom is 0.511 e. The average Bonchev–Trinajstić information content (AvgIpc) is 2.44. The van der Waals surface area contributed by atoms with Crippen molar-refractivity contribution in [2.75, 3.05) is 32.8 Å². The zero-order valence-corrected chi connectivity index (χ0v) is 13.0. The van der Waals surface area contributed by atoms with E-state index in [-0.39, 0.29) is 45.1 Å². The molecule has 0 spiro atoms. The first kappa shape index (κ1) is 19.0. The Bertz CT molecular complexity index is 473. The van der Waals surface area contributed by atoms with Crippen LogP contribution in [-0.2, 0) is 10.0 Å². The number of guanidine groups is 1. The molecule has 0 amide bonds. The lowest BCUT2D eigenvalue weighted by Gasteiger charge is -2.32. The van der Waals surface area contributed by atoms with E-state index in [1.165, 1.54) is 0 Å². The first-order chi connectivity index (χ1) is 10.2. The molecule has 1 heterocycles. The molecule has 0 unspecified atom stereocenters. The Morgan fingerprint density at radius 2 is 1.95 bits per heavy atom. The number of sulfonamides is 1. The molecular weight excluding hydrogens is 325 g/mol. The van der Waals surface area contributed by atoms with E-state index in [1.807, 2.05) is 6.92 Å². The van der Waals surface area contributed by atoms with Gasteiger partial charge >= 0.3 is 15.5 Å². The summed E-state index contributed by atoms with van der Waals surface area (Å²) in [6, 6.07) is -0.170. The molecule has 0 atom stereocenters. The van der Waals surface area contributed by atoms with E-state index in [0.717, 1.165) is 0 Å². The van der Waals surface area contributed by atoms with E-state index in [1.54, 1.807) is 0 Å². The van der Waals surface area contributed by atoms with Crippen LogP contribution in [0.15, 0.2) is 4.99 Å². The van der Waals surface area contributed by atoms with E-state index in [2.05, 4.69) is 15.6 Å². The molecule has 0 aromatic carbocycles. The van der Waals surface area contributed by atoms with Crippen molar-refractivity contribution >= 4 is 16.0 Å². The van der Waals surface area contributed by atoms with Gasteiger partial charge in [0, 0.05) is 25.7 Å². The molecule has 0 aromatic rings. The van der Waals surface area contributed by atoms with Gasteiger partial charge < -0.3 is 15.7 Å². The second kappa shape index (κ2) is 7.97. The van der Waals surface area contributed by atoms with Crippen LogP contribution in [0.3, 0.4) is 0 Å². The van der Waals surface area contributed by atoms with Crippen LogP contribution < -0.4 is 10.6 Å². The van der Waals surface area contributed by atoms with Crippen molar-refractivity contribution in [3.63, 3.8) is 0 Å². The fourth-order valence-electron chi connectivity index (χ4n) is 2.06. The average molecular weight is 346 g/mol. The van der Waals surface area contributed by atoms with Gasteiger partial charge in [-0.25, -0.2) is 8.42 Å². The summed E-state index contributed by atoms with van der Waals surface area (Å²) < 4.78 is 60.5. The molecule has 3 N–H and O–H groups in total. The number of nitrogens with zero attached hydrogens (tertiary/aromatic N) is 2. The molecular formula is C11H21F3N4O3S. The summed E-state index contributed by atoms with van der Waals surface area (Å²) in [5, 5.41) is 14.7. The summed E-state index contributed by atoms with van der Waals surface area (Å²) in [4.78, 5) is 4.07. The lowest BCUT2D eigenvalue weighted by molar-refractivity contribution is -0.0494. The number of hydrogen-bond donors (Lipinski definition) is 3. The minimum atomic E-state index is -5.26. The monoisotopic (exact) mass is 346 g/mol. The van der Waals surface area contributed by atoms with Gasteiger partial charge in [-0.15, -0.1) is 0 Å². The Hall–Kier alpha value is -1.07. The minimum Gasteiger partial charge on any atom is -0.394 e. The van der Waals surface area contributed by atoms with Gasteiger partial charge in [0.1, 0.15) is 0 Å². The number of hydrogen-bond acceptors (Lipinski definition) is 4. The number of nitrogens with one attached hydrogen (secondary N) is 2. The van der Waals surface area contributed by atoms with Crippen molar-refractivity contribution in [1.29, 1.82) is 0 Å². The highest BCUT2D eigenvalue weighted by Crippen LogP contribution is 2.28. The molecule has 0 radical (unpaired) electrons. The molecule has 130 valence electrons. The number of aliphatic hydroxyl groups is 1. The Morgan fingerprint density at radius 3 is 2.41 bits per heavy atom. The molecule has 0 saturated carbocycles. The van der Waals surface area contributed by atoms with E-state index in [0.29, 0.717) is 16.8 Å². The summed E-state index contributed by atoms with van der Waals surface area (Å²) in [5.74, 6) is 0.452. The van der Waals surface area contributed by atoms with E-state index < -0.39 is 15.5 Å². The molecule has 22 heavy (non-hydrogen) atoms. The molecule has 0 bridgehead atoms. The number of halogens is 3. The lowest BCUT2D eigenvalue weighted by Crippen LogP contribution is -2.51. The van der Waals surface area contributed by atoms with Gasteiger partial charge in [0.25, 0.3) is 0 Å². The van der Waals surface area contributed by atoms with Crippen molar-refractivity contribution in [3.8, 4) is 0 Å². The second-order valence-corrected chi connectivity index (χ2v) is 6.68. The number of rotatable bonds is 5. The molecule has 11 heteroatoms. The zero-order valence-electron chi connectivity index (χ0n) is 12.2. The van der Waals surface area contributed by atoms with Crippen molar-refractivity contribution in [1.82, 2.24) is 14.9 Å². The maximum atomic E-state index is 12.5. The zero-order chi connectivity index (χ0) is 16.8. The Morgan fingerprint density at radius 1 is 1.36 bits per heavy atom. The number of alkyl halides is 3. The summed E-state index contributed by atoms with van der Waals surface area (Å²) in [5.41, 5.74) is -5.26. The van der Waals surface area contributed by atoms with Gasteiger partial charge in [-0.1, -0.05) is 0 Å². The largest absolute Gasteiger partial charge is 0.511 e. The van der Waals surface area contributed by atoms with Gasteiger partial charge in [-0.3, -0.25) is 4.99 Å². The topological polar surface area (TPSA) is 94.0 Å². The molecule has 1 aliphatic heterocycles. The standard InChI is InChI=1S/C11H21F3N4O3S/c1-2-15-10(16-5-8-19)17-9-3-6-18(7-4-9)22(20,21)11(12,13)14/h9,19H,2-8H2,1H3,(H2,15,16,17). The smallest absolute Gasteiger partial charge is 0.394 e. The van der Waals surface area contributed by atoms with Gasteiger partial charge in [-0.05, 0) is 19.8 Å². The van der Waals surface area contributed by atoms with Gasteiger partial charge in [-0.2, -0.15) is 17.5 Å². The summed E-state index contributed by atoms with van der Waals surface area (Å²) in [6.07, 6.45) is 0.498. The normalized spacial score (nSPS) is 19.2. The van der Waals surface area contributed by atoms with Crippen LogP contribution in [-0.4, -0.2) is 68.1 Å². The van der Waals surface area contributed by atoms with Crippen LogP contribution in [0.2, 0.25) is 0 Å². The number of piperidine rings is 1. The van der Waals surface area contributed by atoms with Crippen LogP contribution in [0, 0.1) is 0 Å². The molecule has 1 rings (SSSR count). The third-order valence-corrected chi connectivity index (χ3v) is 4.77. The molecule has 1 fully saturated rings. The van der Waals surface area contributed by atoms with Crippen LogP contribution in [0.4, 0.5) is 13.2 Å². The molecule has 0 aromatic heterocycles. The minimum absolute atomic E-state index is 0.112. The Balaban J connectivity index is 2.58. The fraction of sp³-hybridized carbons (Fsp3) is 0.909. The molecule has 7 nitrogen and oxygen atoms in total. The van der Waals surface area contributed by atoms with Crippen LogP contribution >= 0.6 is 0 Å². The predicted octanol–water partition coefficient (Wildman–Crippen LogP) is -0.152. The quantitative estimate of drug-likeness (QED) is 0.475. The maximum absolute atomic E-state index is 12.5. The SMILES string of the molecule is CCNC(=NCCO)NC1CCN(S(=O)(=O)C(F)(F)F)CC1. The van der Waals surface area contributed by atoms with Gasteiger partial charge in [0.2, 0.25) is 0 Å². The van der Waals surface area contributed by atoms with Crippen molar-refractivity contribution in [3.05, 3.63) is 0 Å². The highest BCUT2D eigenvalue weighted by atomic mass is 32.2. The van der Waals surface area contributed by atoms with Crippen LogP contribution in [0.1, 0.15) is 19.8 Å². The highest BCUT2D eigenvalue weighted by Gasteiger charge is 2.50. The van der Waals surface area contributed by atoms with Crippen molar-refractivity contribution < 1.29 is 26.7 Å². The molecule has 0 aliphatic carbocycles. The summed E-state index contributed by atoms with van der Waals surface area (Å²) >= 11 is 0. The predicted molar refractivity (Wildman–Crippen MR) is 75.8 cm³/mol. The third-order valence-electron chi connectivity index (χ3n) is 3.14. The molecule has 1 aliphatic rings. The highest BCUT2D eigenvalue weighted by molar-refractivity contribution is 7.90. The van der Waals surface area contributed by atoms with Crippen LogP contribution in [0.25, 0.3) is 0 Å². The van der Waals surface area contributed by atoms with Gasteiger partial charge in [0.05, 0.1) is 13.2 Å². The van der Waals surface area contributed by atoms with E-state index in [9.17, 15) is 21.6 Å². The van der Waals surface area contributed by atoms with Crippen molar-refractivity contribution in [2.24, 2.45) is 4.99 Å². The lowest BCUT2D eigenvalue weighted by atomic mass is 10.1.